The molecule has 50 heavy (non-hydrogen) atoms. The van der Waals surface area contributed by atoms with Crippen LogP contribution in [0.1, 0.15) is 35.0 Å². The zero-order valence-electron chi connectivity index (χ0n) is 26.6. The molecule has 0 aromatic heterocycles. The fourth-order valence-electron chi connectivity index (χ4n) is 3.87. The molecule has 0 aliphatic rings. The van der Waals surface area contributed by atoms with Gasteiger partial charge in [-0.05, 0) is 53.1 Å². The Bertz CT molecular complexity index is 1540. The van der Waals surface area contributed by atoms with Gasteiger partial charge in [0.2, 0.25) is 0 Å². The van der Waals surface area contributed by atoms with E-state index in [1.54, 1.807) is 72.8 Å². The first-order valence-corrected chi connectivity index (χ1v) is 15.8. The molecule has 3 aromatic rings. The van der Waals surface area contributed by atoms with Crippen LogP contribution in [0.15, 0.2) is 72.8 Å². The molecule has 0 aliphatic carbocycles. The van der Waals surface area contributed by atoms with Gasteiger partial charge in [0, 0.05) is 15.1 Å². The normalized spacial score (nSPS) is 11.9. The van der Waals surface area contributed by atoms with E-state index in [0.717, 1.165) is 0 Å². The molecule has 3 aromatic carbocycles. The summed E-state index contributed by atoms with van der Waals surface area (Å²) < 4.78 is 31.2. The Balaban J connectivity index is 0.000000407. The van der Waals surface area contributed by atoms with E-state index in [1.165, 1.54) is 0 Å². The van der Waals surface area contributed by atoms with Crippen LogP contribution < -0.4 is 0 Å². The third-order valence-electron chi connectivity index (χ3n) is 6.07. The molecule has 1 N–H and O–H groups in total. The van der Waals surface area contributed by atoms with Crippen LogP contribution in [0, 0.1) is 37.0 Å². The lowest BCUT2D eigenvalue weighted by atomic mass is 10.1. The van der Waals surface area contributed by atoms with Crippen molar-refractivity contribution in [3.8, 4) is 37.0 Å². The summed E-state index contributed by atoms with van der Waals surface area (Å²) in [6.07, 6.45) is 12.5. The zero-order valence-corrected chi connectivity index (χ0v) is 28.9. The Morgan fingerprint density at radius 3 is 1.02 bits per heavy atom. The molecule has 13 heteroatoms. The highest BCUT2D eigenvalue weighted by Gasteiger charge is 2.26. The zero-order chi connectivity index (χ0) is 36.7. The van der Waals surface area contributed by atoms with Crippen molar-refractivity contribution < 1.29 is 47.9 Å². The Morgan fingerprint density at radius 1 is 0.520 bits per heavy atom. The van der Waals surface area contributed by atoms with Gasteiger partial charge in [0.25, 0.3) is 0 Å². The number of rotatable bonds is 17. The molecule has 0 spiro atoms. The number of hydrogen-bond donors (Lipinski definition) is 1. The molecule has 0 fully saturated rings. The van der Waals surface area contributed by atoms with Gasteiger partial charge in [0.05, 0.1) is 6.61 Å². The first-order chi connectivity index (χ1) is 24.1. The maximum atomic E-state index is 12.5. The van der Waals surface area contributed by atoms with Crippen molar-refractivity contribution in [2.45, 2.75) is 18.3 Å². The molecule has 3 unspecified atom stereocenters. The van der Waals surface area contributed by atoms with Crippen molar-refractivity contribution in [3.05, 3.63) is 105 Å². The second-order valence-electron chi connectivity index (χ2n) is 9.57. The minimum absolute atomic E-state index is 0.0124. The van der Waals surface area contributed by atoms with Crippen LogP contribution in [0.25, 0.3) is 0 Å². The van der Waals surface area contributed by atoms with Gasteiger partial charge >= 0.3 is 17.9 Å². The van der Waals surface area contributed by atoms with E-state index in [2.05, 4.69) is 17.8 Å². The lowest BCUT2D eigenvalue weighted by molar-refractivity contribution is -0.165. The van der Waals surface area contributed by atoms with Crippen LogP contribution in [-0.2, 0) is 42.8 Å². The number of terminal acetylenes is 3. The van der Waals surface area contributed by atoms with Gasteiger partial charge in [-0.1, -0.05) is 89.0 Å². The molecule has 0 amide bonds. The minimum Gasteiger partial charge on any atom is -0.461 e. The minimum atomic E-state index is -1.04. The smallest absolute Gasteiger partial charge is 0.340 e. The van der Waals surface area contributed by atoms with Gasteiger partial charge in [-0.15, -0.1) is 19.3 Å². The van der Waals surface area contributed by atoms with Crippen molar-refractivity contribution in [2.75, 3.05) is 46.2 Å². The van der Waals surface area contributed by atoms with E-state index >= 15 is 0 Å². The van der Waals surface area contributed by atoms with Crippen LogP contribution >= 0.6 is 34.8 Å². The number of carbonyl (C=O) groups is 3. The summed E-state index contributed by atoms with van der Waals surface area (Å²) in [6.45, 7) is -0.912. The number of halogens is 3. The number of carbonyl (C=O) groups excluding carboxylic acids is 3. The average molecular weight is 744 g/mol. The maximum absolute atomic E-state index is 12.5. The second-order valence-corrected chi connectivity index (χ2v) is 10.9. The molecule has 0 saturated carbocycles. The molecule has 0 saturated heterocycles. The maximum Gasteiger partial charge on any atom is 0.340 e. The standard InChI is InChI=1S/C24H20Cl2O6.C13H13ClO4/c1-3-13-29-21(17-5-9-19(25)10-6-17)23(27)31-15-16-32-24(28)22(30-14-4-2)18-7-11-20(26)12-8-18;1-2-8-17-12(13(16)18-9-7-15)10-3-5-11(14)6-4-10/h1-2,5-12,21-22H,13-16H2;1,3-6,12,15H,7-9H2. The van der Waals surface area contributed by atoms with Gasteiger partial charge in [-0.25, -0.2) is 14.4 Å². The third kappa shape index (κ3) is 14.9. The molecule has 3 atom stereocenters. The number of benzene rings is 3. The Labute approximate surface area is 305 Å². The van der Waals surface area contributed by atoms with Gasteiger partial charge in [-0.2, -0.15) is 0 Å². The van der Waals surface area contributed by atoms with E-state index < -0.39 is 36.2 Å². The fourth-order valence-corrected chi connectivity index (χ4v) is 4.24. The van der Waals surface area contributed by atoms with Crippen LogP contribution in [0.3, 0.4) is 0 Å². The fraction of sp³-hybridized carbons (Fsp3) is 0.270. The number of ether oxygens (including phenoxy) is 6. The third-order valence-corrected chi connectivity index (χ3v) is 6.82. The molecule has 10 nitrogen and oxygen atoms in total. The van der Waals surface area contributed by atoms with Crippen molar-refractivity contribution in [1.29, 1.82) is 0 Å². The van der Waals surface area contributed by atoms with E-state index in [1.807, 2.05) is 0 Å². The molecule has 262 valence electrons. The van der Waals surface area contributed by atoms with Crippen molar-refractivity contribution in [3.63, 3.8) is 0 Å². The highest BCUT2D eigenvalue weighted by atomic mass is 35.5. The van der Waals surface area contributed by atoms with E-state index in [0.29, 0.717) is 31.8 Å². The van der Waals surface area contributed by atoms with Gasteiger partial charge in [0.1, 0.15) is 39.6 Å². The number of hydrogen-bond acceptors (Lipinski definition) is 10. The molecular weight excluding hydrogens is 711 g/mol. The quantitative estimate of drug-likeness (QED) is 0.0794. The van der Waals surface area contributed by atoms with Crippen LogP contribution in [0.4, 0.5) is 0 Å². The number of aliphatic hydroxyl groups is 1. The molecular formula is C37H33Cl3O10. The Morgan fingerprint density at radius 2 is 0.780 bits per heavy atom. The van der Waals surface area contributed by atoms with E-state index in [9.17, 15) is 14.4 Å². The summed E-state index contributed by atoms with van der Waals surface area (Å²) >= 11 is 17.5. The molecule has 0 bridgehead atoms. The SMILES string of the molecule is C#CCOC(C(=O)OCCO)c1ccc(Cl)cc1.C#CCOC(C(=O)OCCOC(=O)C(OCC#C)c1ccc(Cl)cc1)c1ccc(Cl)cc1. The number of esters is 3. The Hall–Kier alpha value is -4.54. The summed E-state index contributed by atoms with van der Waals surface area (Å²) in [5.74, 6) is 4.93. The first kappa shape index (κ1) is 41.6. The van der Waals surface area contributed by atoms with E-state index in [-0.39, 0.29) is 46.2 Å². The summed E-state index contributed by atoms with van der Waals surface area (Å²) in [7, 11) is 0. The van der Waals surface area contributed by atoms with Crippen molar-refractivity contribution >= 4 is 52.7 Å². The second kappa shape index (κ2) is 23.8. The lowest BCUT2D eigenvalue weighted by Crippen LogP contribution is -2.24. The molecule has 0 aliphatic heterocycles. The Kier molecular flexibility index (Phi) is 19.8. The highest BCUT2D eigenvalue weighted by Crippen LogP contribution is 2.24. The summed E-state index contributed by atoms with van der Waals surface area (Å²) in [5, 5.41) is 10.2. The lowest BCUT2D eigenvalue weighted by Gasteiger charge is -2.18. The van der Waals surface area contributed by atoms with Crippen LogP contribution in [0.2, 0.25) is 15.1 Å². The largest absolute Gasteiger partial charge is 0.461 e. The predicted octanol–water partition coefficient (Wildman–Crippen LogP) is 5.73. The molecule has 3 rings (SSSR count). The van der Waals surface area contributed by atoms with E-state index in [4.69, 9.17) is 87.6 Å². The van der Waals surface area contributed by atoms with Crippen molar-refractivity contribution in [2.24, 2.45) is 0 Å². The topological polar surface area (TPSA) is 127 Å². The number of aliphatic hydroxyl groups excluding tert-OH is 1. The van der Waals surface area contributed by atoms with Gasteiger partial charge < -0.3 is 33.5 Å². The van der Waals surface area contributed by atoms with Crippen LogP contribution in [-0.4, -0.2) is 69.3 Å². The monoisotopic (exact) mass is 742 g/mol. The summed E-state index contributed by atoms with van der Waals surface area (Å²) in [5.41, 5.74) is 1.65. The predicted molar refractivity (Wildman–Crippen MR) is 187 cm³/mol. The molecule has 0 radical (unpaired) electrons. The van der Waals surface area contributed by atoms with Crippen LogP contribution in [0.5, 0.6) is 0 Å². The molecule has 0 heterocycles. The average Bonchev–Trinajstić information content (AvgIpc) is 3.12. The highest BCUT2D eigenvalue weighted by molar-refractivity contribution is 6.31. The summed E-state index contributed by atoms with van der Waals surface area (Å²) in [4.78, 5) is 36.7. The van der Waals surface area contributed by atoms with Gasteiger partial charge in [0.15, 0.2) is 18.3 Å². The van der Waals surface area contributed by atoms with Crippen molar-refractivity contribution in [1.82, 2.24) is 0 Å². The first-order valence-electron chi connectivity index (χ1n) is 14.7. The summed E-state index contributed by atoms with van der Waals surface area (Å²) in [6, 6.07) is 19.6. The van der Waals surface area contributed by atoms with Gasteiger partial charge in [-0.3, -0.25) is 0 Å².